The molecule has 1 spiro atoms. The maximum atomic E-state index is 14.9. The van der Waals surface area contributed by atoms with Crippen molar-refractivity contribution in [1.82, 2.24) is 20.1 Å². The van der Waals surface area contributed by atoms with E-state index in [-0.39, 0.29) is 34.5 Å². The Morgan fingerprint density at radius 3 is 2.24 bits per heavy atom. The number of phenolic OH excluding ortho intramolecular Hbond substituents is 1. The number of fused-ring (bicyclic) bond motifs is 1. The highest BCUT2D eigenvalue weighted by Crippen LogP contribution is 2.33. The number of carboxylic acid groups (broad SMARTS) is 2. The van der Waals surface area contributed by atoms with E-state index >= 15 is 0 Å². The number of hydrogen-bond acceptors (Lipinski definition) is 11. The van der Waals surface area contributed by atoms with Gasteiger partial charge in [-0.15, -0.1) is 11.3 Å². The van der Waals surface area contributed by atoms with Gasteiger partial charge in [-0.05, 0) is 56.0 Å². The number of alkyl halides is 6. The van der Waals surface area contributed by atoms with E-state index in [0.717, 1.165) is 54.8 Å². The van der Waals surface area contributed by atoms with Gasteiger partial charge in [0.25, 0.3) is 5.91 Å². The zero-order chi connectivity index (χ0) is 43.7. The van der Waals surface area contributed by atoms with Gasteiger partial charge in [-0.2, -0.15) is 26.3 Å². The Bertz CT molecular complexity index is 2110. The van der Waals surface area contributed by atoms with Crippen LogP contribution in [-0.4, -0.2) is 117 Å². The second-order valence-electron chi connectivity index (χ2n) is 13.6. The van der Waals surface area contributed by atoms with Gasteiger partial charge in [0.05, 0.1) is 35.1 Å². The maximum Gasteiger partial charge on any atom is 0.490 e. The smallest absolute Gasteiger partial charge is 0.490 e. The van der Waals surface area contributed by atoms with Crippen molar-refractivity contribution in [3.63, 3.8) is 0 Å². The normalized spacial score (nSPS) is 16.2. The summed E-state index contributed by atoms with van der Waals surface area (Å²) < 4.78 is 85.2. The molecular formula is C37H41F7N4O9S2. The molecule has 1 amide bonds. The first-order valence-electron chi connectivity index (χ1n) is 18.0. The van der Waals surface area contributed by atoms with Crippen LogP contribution in [0.3, 0.4) is 0 Å². The minimum absolute atomic E-state index is 0.0240. The largest absolute Gasteiger partial charge is 0.506 e. The van der Waals surface area contributed by atoms with Crippen LogP contribution in [0, 0.1) is 5.82 Å². The molecule has 6 N–H and O–H groups in total. The van der Waals surface area contributed by atoms with Gasteiger partial charge in [0.15, 0.2) is 0 Å². The number of rotatable bonds is 10. The molecule has 0 radical (unpaired) electrons. The average Bonchev–Trinajstić information content (AvgIpc) is 3.82. The van der Waals surface area contributed by atoms with Crippen molar-refractivity contribution in [2.45, 2.75) is 63.2 Å². The number of H-pyrrole nitrogens is 1. The number of morpholine rings is 1. The Morgan fingerprint density at radius 1 is 1.00 bits per heavy atom. The number of aromatic amines is 1. The molecule has 2 fully saturated rings. The summed E-state index contributed by atoms with van der Waals surface area (Å²) in [6.07, 6.45) is -7.85. The van der Waals surface area contributed by atoms with E-state index in [0.29, 0.717) is 60.6 Å². The van der Waals surface area contributed by atoms with Crippen LogP contribution in [-0.2, 0) is 33.7 Å². The number of aliphatic hydroxyl groups excluding tert-OH is 1. The van der Waals surface area contributed by atoms with Gasteiger partial charge < -0.3 is 40.4 Å². The van der Waals surface area contributed by atoms with Crippen LogP contribution in [0.1, 0.15) is 57.8 Å². The summed E-state index contributed by atoms with van der Waals surface area (Å²) in [4.78, 5) is 50.5. The number of amides is 1. The molecule has 0 saturated carbocycles. The molecule has 324 valence electrons. The number of nitrogens with one attached hydrogen (secondary N) is 2. The topological polar surface area (TPSA) is 193 Å². The molecule has 6 rings (SSSR count). The van der Waals surface area contributed by atoms with Crippen LogP contribution in [0.25, 0.3) is 10.2 Å². The van der Waals surface area contributed by atoms with E-state index in [9.17, 15) is 50.5 Å². The predicted octanol–water partition coefficient (Wildman–Crippen LogP) is 5.70. The monoisotopic (exact) mass is 882 g/mol. The molecule has 2 aliphatic heterocycles. The SMILES string of the molecule is CCc1cc(C(=O)N2CCOC3(CCN(Cc4cc(CCNC[C@H](O)c5ccc(O)c6[nH]c(=O)sc56)ccc4F)CC3)C2)cs1.O=C(O)C(F)(F)F.O=C(O)C(F)(F)F. The summed E-state index contributed by atoms with van der Waals surface area (Å²) in [6.45, 7) is 6.72. The summed E-state index contributed by atoms with van der Waals surface area (Å²) in [7, 11) is 0. The minimum atomic E-state index is -5.08. The molecule has 1 atom stereocenters. The zero-order valence-electron chi connectivity index (χ0n) is 31.3. The first kappa shape index (κ1) is 47.1. The Labute approximate surface area is 339 Å². The molecule has 0 bridgehead atoms. The van der Waals surface area contributed by atoms with Crippen LogP contribution in [0.4, 0.5) is 30.7 Å². The number of halogens is 7. The third-order valence-electron chi connectivity index (χ3n) is 9.42. The number of phenols is 1. The number of carbonyl (C=O) groups excluding carboxylic acids is 1. The minimum Gasteiger partial charge on any atom is -0.506 e. The standard InChI is InChI=1S/C33H39FN4O5S2.2C2HF3O2/c1-2-24-16-23(19-44-24)31(41)38-13-14-43-33(20-38)8-11-37(12-9-33)18-22-15-21(3-5-26(22)34)7-10-35-17-28(40)25-4-6-27(39)29-30(25)45-32(42)36-29;2*3-2(4,5)1(6)7/h3-6,15-16,19,28,35,39-40H,2,7-14,17-18,20H2,1H3,(H,36,42);2*(H,6,7)/t28-;;/m0../s1. The van der Waals surface area contributed by atoms with E-state index in [2.05, 4.69) is 22.1 Å². The van der Waals surface area contributed by atoms with Crippen molar-refractivity contribution in [2.75, 3.05) is 45.9 Å². The Hall–Kier alpha value is -4.61. The molecule has 59 heavy (non-hydrogen) atoms. The summed E-state index contributed by atoms with van der Waals surface area (Å²) in [5, 5.41) is 40.2. The van der Waals surface area contributed by atoms with Gasteiger partial charge in [-0.3, -0.25) is 14.5 Å². The highest BCUT2D eigenvalue weighted by Gasteiger charge is 2.42. The van der Waals surface area contributed by atoms with Crippen LogP contribution >= 0.6 is 22.7 Å². The van der Waals surface area contributed by atoms with Gasteiger partial charge >= 0.3 is 29.2 Å². The van der Waals surface area contributed by atoms with Crippen LogP contribution in [0.15, 0.2) is 46.6 Å². The van der Waals surface area contributed by atoms with E-state index in [4.69, 9.17) is 24.5 Å². The van der Waals surface area contributed by atoms with E-state index in [1.165, 1.54) is 17.0 Å². The summed E-state index contributed by atoms with van der Waals surface area (Å²) in [5.41, 5.74) is 2.99. The van der Waals surface area contributed by atoms with Crippen molar-refractivity contribution in [2.24, 2.45) is 0 Å². The second-order valence-corrected chi connectivity index (χ2v) is 15.6. The maximum absolute atomic E-state index is 14.9. The third kappa shape index (κ3) is 13.2. The fourth-order valence-electron chi connectivity index (χ4n) is 6.33. The number of hydrogen-bond donors (Lipinski definition) is 6. The van der Waals surface area contributed by atoms with Crippen molar-refractivity contribution in [3.05, 3.63) is 84.4 Å². The highest BCUT2D eigenvalue weighted by atomic mass is 32.1. The molecule has 4 aromatic rings. The van der Waals surface area contributed by atoms with Crippen molar-refractivity contribution >= 4 is 50.7 Å². The number of carbonyl (C=O) groups is 3. The number of ether oxygens (including phenoxy) is 1. The quantitative estimate of drug-likeness (QED) is 0.0847. The Kier molecular flexibility index (Phi) is 16.0. The molecule has 0 aliphatic carbocycles. The summed E-state index contributed by atoms with van der Waals surface area (Å²) in [6, 6.07) is 10.3. The van der Waals surface area contributed by atoms with E-state index in [1.807, 2.05) is 22.4 Å². The number of aliphatic hydroxyl groups is 1. The summed E-state index contributed by atoms with van der Waals surface area (Å²) in [5.74, 6) is -5.68. The number of aryl methyl sites for hydroxylation is 1. The Balaban J connectivity index is 0.000000471. The molecule has 2 aromatic heterocycles. The number of likely N-dealkylation sites (tertiary alicyclic amines) is 1. The number of benzene rings is 2. The van der Waals surface area contributed by atoms with Gasteiger partial charge in [-0.25, -0.2) is 14.0 Å². The summed E-state index contributed by atoms with van der Waals surface area (Å²) >= 11 is 2.59. The lowest BCUT2D eigenvalue weighted by atomic mass is 9.89. The van der Waals surface area contributed by atoms with Gasteiger partial charge in [0.2, 0.25) is 0 Å². The number of thiazole rings is 1. The average molecular weight is 883 g/mol. The van der Waals surface area contributed by atoms with Crippen LogP contribution in [0.5, 0.6) is 5.75 Å². The number of aromatic nitrogens is 1. The van der Waals surface area contributed by atoms with E-state index < -0.39 is 30.4 Å². The molecule has 2 aliphatic rings. The second kappa shape index (κ2) is 20.1. The third-order valence-corrected chi connectivity index (χ3v) is 11.4. The van der Waals surface area contributed by atoms with Gasteiger partial charge in [-0.1, -0.05) is 36.5 Å². The number of carboxylic acids is 2. The van der Waals surface area contributed by atoms with Crippen LogP contribution < -0.4 is 10.2 Å². The van der Waals surface area contributed by atoms with Crippen LogP contribution in [0.2, 0.25) is 0 Å². The predicted molar refractivity (Wildman–Crippen MR) is 202 cm³/mol. The Morgan fingerprint density at radius 2 is 1.64 bits per heavy atom. The number of thiophene rings is 1. The molecule has 2 aromatic carbocycles. The lowest BCUT2D eigenvalue weighted by Gasteiger charge is -2.47. The molecule has 22 heteroatoms. The number of nitrogens with zero attached hydrogens (tertiary/aromatic N) is 2. The lowest BCUT2D eigenvalue weighted by molar-refractivity contribution is -0.193. The first-order chi connectivity index (χ1) is 27.6. The van der Waals surface area contributed by atoms with Gasteiger partial charge in [0, 0.05) is 54.1 Å². The molecule has 13 nitrogen and oxygen atoms in total. The number of aromatic hydroxyl groups is 1. The molecule has 2 saturated heterocycles. The van der Waals surface area contributed by atoms with Crippen molar-refractivity contribution in [1.29, 1.82) is 0 Å². The highest BCUT2D eigenvalue weighted by molar-refractivity contribution is 7.16. The number of aliphatic carboxylic acids is 2. The lowest BCUT2D eigenvalue weighted by Crippen LogP contribution is -2.57. The fraction of sp³-hybridized carbons (Fsp3) is 0.459. The van der Waals surface area contributed by atoms with Crippen molar-refractivity contribution in [3.8, 4) is 5.75 Å². The number of piperidine rings is 1. The zero-order valence-corrected chi connectivity index (χ0v) is 32.9. The first-order valence-corrected chi connectivity index (χ1v) is 19.7. The fourth-order valence-corrected chi connectivity index (χ4v) is 8.06. The van der Waals surface area contributed by atoms with E-state index in [1.54, 1.807) is 23.5 Å². The molecule has 4 heterocycles. The van der Waals surface area contributed by atoms with Crippen molar-refractivity contribution < 1.29 is 70.3 Å². The molecular weight excluding hydrogens is 842 g/mol. The van der Waals surface area contributed by atoms with Gasteiger partial charge in [0.1, 0.15) is 17.1 Å². The molecule has 0 unspecified atom stereocenters.